The van der Waals surface area contributed by atoms with Crippen LogP contribution in [0.5, 0.6) is 0 Å². The summed E-state index contributed by atoms with van der Waals surface area (Å²) in [6, 6.07) is 2.68. The molecule has 1 unspecified atom stereocenters. The Morgan fingerprint density at radius 3 is 2.65 bits per heavy atom. The molecule has 138 valence electrons. The number of rotatable bonds is 6. The summed E-state index contributed by atoms with van der Waals surface area (Å²) in [5.74, 6) is -0.475. The SMILES string of the molecule is COCCN1C(=O)C(O)=C(C(=O)c2sc(C)nc2C)C1c1ccc(C)o1. The smallest absolute Gasteiger partial charge is 0.290 e. The third kappa shape index (κ3) is 3.06. The van der Waals surface area contributed by atoms with Crippen LogP contribution >= 0.6 is 11.3 Å². The molecule has 0 aliphatic carbocycles. The lowest BCUT2D eigenvalue weighted by Gasteiger charge is -2.24. The van der Waals surface area contributed by atoms with Gasteiger partial charge in [0.05, 0.1) is 27.8 Å². The van der Waals surface area contributed by atoms with Crippen molar-refractivity contribution in [3.8, 4) is 0 Å². The molecule has 0 radical (unpaired) electrons. The maximum atomic E-state index is 13.1. The summed E-state index contributed by atoms with van der Waals surface area (Å²) in [6.07, 6.45) is 0. The van der Waals surface area contributed by atoms with Gasteiger partial charge < -0.3 is 19.2 Å². The van der Waals surface area contributed by atoms with Gasteiger partial charge in [-0.2, -0.15) is 0 Å². The summed E-state index contributed by atoms with van der Waals surface area (Å²) in [5, 5.41) is 11.2. The van der Waals surface area contributed by atoms with Gasteiger partial charge in [0.25, 0.3) is 5.91 Å². The molecule has 1 aliphatic rings. The van der Waals surface area contributed by atoms with E-state index in [4.69, 9.17) is 9.15 Å². The van der Waals surface area contributed by atoms with Crippen LogP contribution in [0.2, 0.25) is 0 Å². The Labute approximate surface area is 154 Å². The number of ether oxygens (including phenoxy) is 1. The highest BCUT2D eigenvalue weighted by Crippen LogP contribution is 2.40. The molecule has 0 bridgehead atoms. The van der Waals surface area contributed by atoms with E-state index in [2.05, 4.69) is 4.98 Å². The summed E-state index contributed by atoms with van der Waals surface area (Å²) < 4.78 is 10.7. The van der Waals surface area contributed by atoms with Crippen LogP contribution < -0.4 is 0 Å². The molecule has 2 aromatic heterocycles. The minimum absolute atomic E-state index is 0.0206. The predicted molar refractivity (Wildman–Crippen MR) is 95.3 cm³/mol. The van der Waals surface area contributed by atoms with Crippen LogP contribution in [0.3, 0.4) is 0 Å². The molecule has 0 aromatic carbocycles. The fourth-order valence-electron chi connectivity index (χ4n) is 3.07. The Kier molecular flexibility index (Phi) is 4.97. The number of Topliss-reactive ketones (excluding diaryl/α,β-unsaturated/α-hetero) is 1. The number of carbonyl (C=O) groups is 2. The number of carbonyl (C=O) groups excluding carboxylic acids is 2. The quantitative estimate of drug-likeness (QED) is 0.779. The highest BCUT2D eigenvalue weighted by atomic mass is 32.1. The molecule has 7 nitrogen and oxygen atoms in total. The lowest BCUT2D eigenvalue weighted by atomic mass is 9.99. The largest absolute Gasteiger partial charge is 0.503 e. The van der Waals surface area contributed by atoms with Crippen LogP contribution in [0.15, 0.2) is 27.9 Å². The molecule has 8 heteroatoms. The Morgan fingerprint density at radius 1 is 1.38 bits per heavy atom. The van der Waals surface area contributed by atoms with Crippen molar-refractivity contribution in [3.05, 3.63) is 50.6 Å². The standard InChI is InChI=1S/C18H20N2O5S/c1-9-5-6-12(25-9)14-13(15(21)17-10(2)19-11(3)26-17)16(22)18(23)20(14)7-8-24-4/h5-6,14,22H,7-8H2,1-4H3. The first-order valence-corrected chi connectivity index (χ1v) is 8.95. The molecule has 0 fully saturated rings. The Morgan fingerprint density at radius 2 is 2.12 bits per heavy atom. The molecule has 1 N–H and O–H groups in total. The molecule has 26 heavy (non-hydrogen) atoms. The average Bonchev–Trinajstić information content (AvgIpc) is 3.23. The van der Waals surface area contributed by atoms with Crippen molar-refractivity contribution < 1.29 is 23.8 Å². The molecule has 0 spiro atoms. The molecule has 2 aromatic rings. The number of nitrogens with zero attached hydrogens (tertiary/aromatic N) is 2. The Balaban J connectivity index is 2.08. The summed E-state index contributed by atoms with van der Waals surface area (Å²) in [5.41, 5.74) is 0.599. The fourth-order valence-corrected chi connectivity index (χ4v) is 3.94. The van der Waals surface area contributed by atoms with Crippen LogP contribution in [0.4, 0.5) is 0 Å². The van der Waals surface area contributed by atoms with E-state index < -0.39 is 23.5 Å². The summed E-state index contributed by atoms with van der Waals surface area (Å²) in [6.45, 7) is 5.82. The number of amides is 1. The van der Waals surface area contributed by atoms with Crippen LogP contribution in [0, 0.1) is 20.8 Å². The number of ketones is 1. The normalized spacial score (nSPS) is 17.5. The van der Waals surface area contributed by atoms with E-state index in [1.165, 1.54) is 23.3 Å². The number of thiazole rings is 1. The maximum absolute atomic E-state index is 13.1. The third-order valence-corrected chi connectivity index (χ3v) is 5.30. The number of aliphatic hydroxyl groups is 1. The second-order valence-corrected chi connectivity index (χ2v) is 7.28. The first kappa shape index (κ1) is 18.3. The minimum atomic E-state index is -0.791. The predicted octanol–water partition coefficient (Wildman–Crippen LogP) is 2.89. The van der Waals surface area contributed by atoms with Crippen molar-refractivity contribution in [1.29, 1.82) is 0 Å². The first-order valence-electron chi connectivity index (χ1n) is 8.13. The molecule has 0 saturated carbocycles. The topological polar surface area (TPSA) is 92.9 Å². The van der Waals surface area contributed by atoms with Gasteiger partial charge in [-0.15, -0.1) is 11.3 Å². The number of aryl methyl sites for hydroxylation is 3. The number of furan rings is 1. The van der Waals surface area contributed by atoms with Gasteiger partial charge in [0, 0.05) is 13.7 Å². The maximum Gasteiger partial charge on any atom is 0.290 e. The van der Waals surface area contributed by atoms with E-state index in [1.54, 1.807) is 32.9 Å². The zero-order valence-corrected chi connectivity index (χ0v) is 15.8. The van der Waals surface area contributed by atoms with E-state index in [0.29, 0.717) is 22.1 Å². The van der Waals surface area contributed by atoms with Crippen LogP contribution in [0.25, 0.3) is 0 Å². The molecule has 3 rings (SSSR count). The second kappa shape index (κ2) is 7.05. The molecular weight excluding hydrogens is 356 g/mol. The minimum Gasteiger partial charge on any atom is -0.503 e. The number of methoxy groups -OCH3 is 1. The number of hydrogen-bond donors (Lipinski definition) is 1. The molecule has 1 aliphatic heterocycles. The molecular formula is C18H20N2O5S. The van der Waals surface area contributed by atoms with Crippen LogP contribution in [-0.4, -0.2) is 46.9 Å². The lowest BCUT2D eigenvalue weighted by molar-refractivity contribution is -0.130. The van der Waals surface area contributed by atoms with Gasteiger partial charge in [-0.25, -0.2) is 4.98 Å². The van der Waals surface area contributed by atoms with Gasteiger partial charge in [0.1, 0.15) is 17.6 Å². The molecule has 3 heterocycles. The number of hydrogen-bond acceptors (Lipinski definition) is 7. The zero-order chi connectivity index (χ0) is 19.0. The van der Waals surface area contributed by atoms with Gasteiger partial charge in [-0.1, -0.05) is 0 Å². The van der Waals surface area contributed by atoms with Crippen molar-refractivity contribution in [3.63, 3.8) is 0 Å². The van der Waals surface area contributed by atoms with Crippen LogP contribution in [-0.2, 0) is 9.53 Å². The van der Waals surface area contributed by atoms with Gasteiger partial charge in [0.15, 0.2) is 5.76 Å². The Hall–Kier alpha value is -2.45. The summed E-state index contributed by atoms with van der Waals surface area (Å²) in [4.78, 5) is 31.8. The van der Waals surface area contributed by atoms with Gasteiger partial charge >= 0.3 is 0 Å². The van der Waals surface area contributed by atoms with E-state index in [9.17, 15) is 14.7 Å². The van der Waals surface area contributed by atoms with E-state index in [-0.39, 0.29) is 18.7 Å². The zero-order valence-electron chi connectivity index (χ0n) is 15.0. The van der Waals surface area contributed by atoms with Crippen LogP contribution in [0.1, 0.15) is 37.9 Å². The third-order valence-electron chi connectivity index (χ3n) is 4.23. The number of aliphatic hydroxyl groups excluding tert-OH is 1. The number of aromatic nitrogens is 1. The molecule has 1 amide bonds. The van der Waals surface area contributed by atoms with Crippen molar-refractivity contribution in [2.45, 2.75) is 26.8 Å². The summed E-state index contributed by atoms with van der Waals surface area (Å²) in [7, 11) is 1.52. The van der Waals surface area contributed by atoms with Gasteiger partial charge in [-0.05, 0) is 32.9 Å². The van der Waals surface area contributed by atoms with Gasteiger partial charge in [0.2, 0.25) is 5.78 Å². The molecule has 1 atom stereocenters. The highest BCUT2D eigenvalue weighted by Gasteiger charge is 2.45. The molecule has 0 saturated heterocycles. The van der Waals surface area contributed by atoms with Crippen molar-refractivity contribution >= 4 is 23.0 Å². The van der Waals surface area contributed by atoms with Crippen molar-refractivity contribution in [2.75, 3.05) is 20.3 Å². The lowest BCUT2D eigenvalue weighted by Crippen LogP contribution is -2.33. The second-order valence-electron chi connectivity index (χ2n) is 6.08. The fraction of sp³-hybridized carbons (Fsp3) is 0.389. The van der Waals surface area contributed by atoms with E-state index in [1.807, 2.05) is 0 Å². The highest BCUT2D eigenvalue weighted by molar-refractivity contribution is 7.14. The first-order chi connectivity index (χ1) is 12.3. The average molecular weight is 376 g/mol. The van der Waals surface area contributed by atoms with Crippen molar-refractivity contribution in [1.82, 2.24) is 9.88 Å². The van der Waals surface area contributed by atoms with E-state index >= 15 is 0 Å². The van der Waals surface area contributed by atoms with Crippen molar-refractivity contribution in [2.24, 2.45) is 0 Å². The van der Waals surface area contributed by atoms with E-state index in [0.717, 1.165) is 5.01 Å². The monoisotopic (exact) mass is 376 g/mol. The summed E-state index contributed by atoms with van der Waals surface area (Å²) >= 11 is 1.24. The Bertz CT molecular complexity index is 895. The van der Waals surface area contributed by atoms with Gasteiger partial charge in [-0.3, -0.25) is 9.59 Å².